The van der Waals surface area contributed by atoms with Gasteiger partial charge in [-0.3, -0.25) is 33.8 Å². The van der Waals surface area contributed by atoms with Crippen LogP contribution in [0.1, 0.15) is 95.6 Å². The number of benzene rings is 1. The molecule has 15 heteroatoms. The summed E-state index contributed by atoms with van der Waals surface area (Å²) in [5.41, 5.74) is 0.693. The van der Waals surface area contributed by atoms with Crippen molar-refractivity contribution in [1.82, 2.24) is 36.1 Å². The Hall–Kier alpha value is -5.21. The molecule has 1 saturated carbocycles. The number of carboxylic acid groups (broad SMARTS) is 1. The third-order valence-electron chi connectivity index (χ3n) is 10.2. The van der Waals surface area contributed by atoms with Gasteiger partial charge >= 0.3 is 5.97 Å². The molecule has 0 spiro atoms. The number of carboxylic acids is 1. The van der Waals surface area contributed by atoms with Crippen molar-refractivity contribution in [1.29, 1.82) is 0 Å². The topological polar surface area (TPSA) is 217 Å². The molecule has 1 aliphatic heterocycles. The molecule has 1 unspecified atom stereocenters. The van der Waals surface area contributed by atoms with Crippen LogP contribution in [-0.4, -0.2) is 97.5 Å². The van der Waals surface area contributed by atoms with Crippen LogP contribution in [-0.2, 0) is 35.2 Å². The zero-order valence-corrected chi connectivity index (χ0v) is 31.6. The normalized spacial score (nSPS) is 20.2. The van der Waals surface area contributed by atoms with Crippen molar-refractivity contribution < 1.29 is 38.7 Å². The van der Waals surface area contributed by atoms with Gasteiger partial charge in [0.05, 0.1) is 12.2 Å². The van der Waals surface area contributed by atoms with Gasteiger partial charge in [0.2, 0.25) is 23.5 Å². The lowest BCUT2D eigenvalue weighted by Crippen LogP contribution is -2.61. The second kappa shape index (κ2) is 19.2. The van der Waals surface area contributed by atoms with Crippen LogP contribution in [0.2, 0.25) is 0 Å². The van der Waals surface area contributed by atoms with Crippen LogP contribution >= 0.6 is 0 Å². The number of Topliss-reactive ketones (excluding diaryl/α,β-unsaturated/α-hetero) is 1. The molecule has 1 aliphatic carbocycles. The number of carbonyl (C=O) groups excluding carboxylic acids is 6. The minimum absolute atomic E-state index is 0.0228. The fourth-order valence-corrected chi connectivity index (χ4v) is 7.36. The molecular weight excluding hydrogens is 694 g/mol. The molecule has 2 aromatic rings. The van der Waals surface area contributed by atoms with Gasteiger partial charge in [-0.1, -0.05) is 84.2 Å². The highest BCUT2D eigenvalue weighted by molar-refractivity contribution is 6.38. The maximum absolute atomic E-state index is 14.6. The van der Waals surface area contributed by atoms with E-state index in [1.165, 1.54) is 18.6 Å². The molecule has 1 saturated heterocycles. The lowest BCUT2D eigenvalue weighted by molar-refractivity contribution is -0.147. The molecule has 0 bridgehead atoms. The first-order valence-corrected chi connectivity index (χ1v) is 18.8. The Morgan fingerprint density at radius 1 is 0.852 bits per heavy atom. The number of hydrogen-bond acceptors (Lipinski definition) is 9. The first kappa shape index (κ1) is 41.5. The molecule has 5 amide bonds. The highest BCUT2D eigenvalue weighted by Gasteiger charge is 2.50. The highest BCUT2D eigenvalue weighted by atomic mass is 16.4. The van der Waals surface area contributed by atoms with E-state index in [0.717, 1.165) is 19.3 Å². The quantitative estimate of drug-likeness (QED) is 0.149. The van der Waals surface area contributed by atoms with Gasteiger partial charge in [0.15, 0.2) is 0 Å². The van der Waals surface area contributed by atoms with Gasteiger partial charge in [0.1, 0.15) is 29.9 Å². The number of nitrogens with one attached hydrogen (secondary N) is 4. The van der Waals surface area contributed by atoms with E-state index in [0.29, 0.717) is 24.8 Å². The number of rotatable bonds is 17. The van der Waals surface area contributed by atoms with Crippen LogP contribution in [0.4, 0.5) is 0 Å². The molecule has 0 radical (unpaired) electrons. The van der Waals surface area contributed by atoms with E-state index in [1.807, 2.05) is 0 Å². The number of aromatic nitrogens is 2. The summed E-state index contributed by atoms with van der Waals surface area (Å²) in [5.74, 6) is -6.34. The van der Waals surface area contributed by atoms with Gasteiger partial charge in [-0.05, 0) is 49.0 Å². The van der Waals surface area contributed by atoms with E-state index in [2.05, 4.69) is 31.2 Å². The van der Waals surface area contributed by atoms with Crippen LogP contribution in [0, 0.1) is 17.8 Å². The number of ketones is 1. The fourth-order valence-electron chi connectivity index (χ4n) is 7.36. The minimum atomic E-state index is -1.37. The number of carbonyl (C=O) groups is 7. The summed E-state index contributed by atoms with van der Waals surface area (Å²) in [6.45, 7) is 8.88. The van der Waals surface area contributed by atoms with Gasteiger partial charge < -0.3 is 31.3 Å². The van der Waals surface area contributed by atoms with Crippen LogP contribution < -0.4 is 21.3 Å². The molecule has 1 aromatic heterocycles. The van der Waals surface area contributed by atoms with Crippen LogP contribution in [0.3, 0.4) is 0 Å². The third-order valence-corrected chi connectivity index (χ3v) is 10.2. The second-order valence-electron chi connectivity index (χ2n) is 14.9. The summed E-state index contributed by atoms with van der Waals surface area (Å²) in [5, 5.41) is 20.4. The van der Waals surface area contributed by atoms with Crippen LogP contribution in [0.5, 0.6) is 0 Å². The first-order valence-electron chi connectivity index (χ1n) is 18.8. The number of fused-ring (bicyclic) bond motifs is 1. The summed E-state index contributed by atoms with van der Waals surface area (Å²) < 4.78 is 0. The molecule has 7 atom stereocenters. The number of amides is 5. The van der Waals surface area contributed by atoms with Crippen molar-refractivity contribution >= 4 is 41.3 Å². The van der Waals surface area contributed by atoms with E-state index < -0.39 is 77.4 Å². The lowest BCUT2D eigenvalue weighted by atomic mass is 9.84. The summed E-state index contributed by atoms with van der Waals surface area (Å²) in [6, 6.07) is 2.78. The Labute approximate surface area is 315 Å². The molecule has 2 aliphatic rings. The van der Waals surface area contributed by atoms with Gasteiger partial charge in [-0.15, -0.1) is 0 Å². The zero-order chi connectivity index (χ0) is 39.5. The van der Waals surface area contributed by atoms with E-state index in [-0.39, 0.29) is 36.4 Å². The SMILES string of the molecule is CCCC(NC(=O)[C@@H]1C[C@@H]2CCCC[C@@H]2N1C(=O)[C@@H](NC(=O)[C@@H](NC(=O)c1cnccn1)C(C)C)C(C)C)C(=O)C(=O)N[C@@H](Cc1ccccc1)C(=O)O. The first-order chi connectivity index (χ1) is 25.7. The second-order valence-corrected chi connectivity index (χ2v) is 14.9. The standard InChI is InChI=1S/C39H53N7O8/c1-6-12-26(33(47)37(51)43-27(39(53)54)19-24-13-8-7-9-14-24)42-35(49)30-20-25-15-10-11-16-29(25)46(30)38(52)32(23(4)5)45-36(50)31(22(2)3)44-34(48)28-21-40-17-18-41-28/h7-9,13-14,17-18,21-23,25-27,29-32H,6,10-12,15-16,19-20H2,1-5H3,(H,42,49)(H,43,51)(H,44,48)(H,45,50)(H,53,54)/t25-,26?,27-,29-,30-,31-,32-/m0/s1. The van der Waals surface area contributed by atoms with Crippen molar-refractivity contribution in [3.05, 3.63) is 60.2 Å². The fraction of sp³-hybridized carbons (Fsp3) is 0.564. The Kier molecular flexibility index (Phi) is 14.8. The van der Waals surface area contributed by atoms with Crippen LogP contribution in [0.25, 0.3) is 0 Å². The van der Waals surface area contributed by atoms with Gasteiger partial charge in [0, 0.05) is 24.9 Å². The predicted octanol–water partition coefficient (Wildman–Crippen LogP) is 2.20. The van der Waals surface area contributed by atoms with Crippen molar-refractivity contribution in [2.45, 2.75) is 122 Å². The third kappa shape index (κ3) is 10.5. The minimum Gasteiger partial charge on any atom is -0.480 e. The van der Waals surface area contributed by atoms with E-state index in [1.54, 1.807) is 69.9 Å². The monoisotopic (exact) mass is 747 g/mol. The number of likely N-dealkylation sites (tertiary alicyclic amines) is 1. The number of hydrogen-bond donors (Lipinski definition) is 5. The zero-order valence-electron chi connectivity index (χ0n) is 31.6. The van der Waals surface area contributed by atoms with Gasteiger partial charge in [-0.2, -0.15) is 0 Å². The number of nitrogens with zero attached hydrogens (tertiary/aromatic N) is 3. The summed E-state index contributed by atoms with van der Waals surface area (Å²) in [7, 11) is 0. The maximum Gasteiger partial charge on any atom is 0.326 e. The Morgan fingerprint density at radius 2 is 1.54 bits per heavy atom. The van der Waals surface area contributed by atoms with Crippen molar-refractivity contribution in [3.63, 3.8) is 0 Å². The van der Waals surface area contributed by atoms with E-state index >= 15 is 0 Å². The summed E-state index contributed by atoms with van der Waals surface area (Å²) in [4.78, 5) is 103. The van der Waals surface area contributed by atoms with Crippen molar-refractivity contribution in [2.24, 2.45) is 17.8 Å². The molecule has 15 nitrogen and oxygen atoms in total. The molecule has 2 heterocycles. The van der Waals surface area contributed by atoms with Crippen molar-refractivity contribution in [3.8, 4) is 0 Å². The van der Waals surface area contributed by atoms with Crippen LogP contribution in [0.15, 0.2) is 48.9 Å². The van der Waals surface area contributed by atoms with Crippen molar-refractivity contribution in [2.75, 3.05) is 0 Å². The Morgan fingerprint density at radius 3 is 2.15 bits per heavy atom. The van der Waals surface area contributed by atoms with E-state index in [4.69, 9.17) is 0 Å². The molecule has 292 valence electrons. The smallest absolute Gasteiger partial charge is 0.326 e. The highest BCUT2D eigenvalue weighted by Crippen LogP contribution is 2.40. The maximum atomic E-state index is 14.6. The van der Waals surface area contributed by atoms with E-state index in [9.17, 15) is 38.7 Å². The molecule has 2 fully saturated rings. The average molecular weight is 748 g/mol. The van der Waals surface area contributed by atoms with Gasteiger partial charge in [0.25, 0.3) is 11.8 Å². The molecule has 1 aromatic carbocycles. The predicted molar refractivity (Wildman–Crippen MR) is 197 cm³/mol. The average Bonchev–Trinajstić information content (AvgIpc) is 3.55. The molecular formula is C39H53N7O8. The lowest BCUT2D eigenvalue weighted by Gasteiger charge is -2.37. The molecule has 4 rings (SSSR count). The Balaban J connectivity index is 1.52. The van der Waals surface area contributed by atoms with Gasteiger partial charge in [-0.25, -0.2) is 9.78 Å². The molecule has 54 heavy (non-hydrogen) atoms. The largest absolute Gasteiger partial charge is 0.480 e. The number of aliphatic carboxylic acids is 1. The Bertz CT molecular complexity index is 1650. The summed E-state index contributed by atoms with van der Waals surface area (Å²) >= 11 is 0. The summed E-state index contributed by atoms with van der Waals surface area (Å²) in [6.07, 6.45) is 8.19. The molecule has 5 N–H and O–H groups in total.